The maximum absolute atomic E-state index is 12.0. The Morgan fingerprint density at radius 2 is 1.46 bits per heavy atom. The van der Waals surface area contributed by atoms with Crippen molar-refractivity contribution in [3.63, 3.8) is 0 Å². The van der Waals surface area contributed by atoms with Crippen LogP contribution in [-0.4, -0.2) is 36.9 Å². The fourth-order valence-electron chi connectivity index (χ4n) is 3.03. The van der Waals surface area contributed by atoms with E-state index in [0.717, 1.165) is 35.0 Å². The summed E-state index contributed by atoms with van der Waals surface area (Å²) in [7, 11) is 3.12. The molecule has 0 aromatic heterocycles. The molecule has 1 aliphatic rings. The van der Waals surface area contributed by atoms with Crippen molar-refractivity contribution < 1.29 is 19.3 Å². The largest absolute Gasteiger partial charge is 0.468 e. The number of benzene rings is 2. The molecule has 0 bridgehead atoms. The predicted octanol–water partition coefficient (Wildman–Crippen LogP) is 3.37. The molecule has 2 aromatic carbocycles. The molecule has 1 saturated carbocycles. The van der Waals surface area contributed by atoms with Crippen LogP contribution in [0.4, 0.5) is 0 Å². The van der Waals surface area contributed by atoms with Crippen LogP contribution in [0.25, 0.3) is 11.1 Å². The number of rotatable bonds is 7. The average molecular weight is 379 g/mol. The molecule has 0 heterocycles. The number of carbonyl (C=O) groups excluding carboxylic acids is 1. The first kappa shape index (κ1) is 20.6. The van der Waals surface area contributed by atoms with Crippen molar-refractivity contribution in [1.82, 2.24) is 0 Å². The van der Waals surface area contributed by atoms with Crippen molar-refractivity contribution >= 4 is 18.9 Å². The number of methoxy groups -OCH3 is 1. The molecular weight excluding hydrogens is 351 g/mol. The van der Waals surface area contributed by atoms with E-state index in [1.807, 2.05) is 62.4 Å². The van der Waals surface area contributed by atoms with E-state index in [9.17, 15) is 9.90 Å². The molecule has 147 valence electrons. The SMILES string of the molecule is COC(=O)C1(c2ccc(-c3ccc([B]OC(C)(C)C(C)(C)O)cc3)cc2)CC1. The van der Waals surface area contributed by atoms with Crippen LogP contribution in [0.1, 0.15) is 46.1 Å². The van der Waals surface area contributed by atoms with Gasteiger partial charge in [0, 0.05) is 0 Å². The Bertz CT molecular complexity index is 828. The highest BCUT2D eigenvalue weighted by atomic mass is 16.5. The number of esters is 1. The molecule has 5 heteroatoms. The summed E-state index contributed by atoms with van der Waals surface area (Å²) in [5.41, 5.74) is 2.06. The second-order valence-electron chi connectivity index (χ2n) is 8.58. The number of hydrogen-bond acceptors (Lipinski definition) is 4. The molecule has 0 amide bonds. The Kier molecular flexibility index (Phi) is 5.43. The van der Waals surface area contributed by atoms with Crippen molar-refractivity contribution in [1.29, 1.82) is 0 Å². The smallest absolute Gasteiger partial charge is 0.330 e. The average Bonchev–Trinajstić information content (AvgIpc) is 3.47. The van der Waals surface area contributed by atoms with Crippen LogP contribution in [0.2, 0.25) is 0 Å². The summed E-state index contributed by atoms with van der Waals surface area (Å²) < 4.78 is 10.8. The Hall–Kier alpha value is -2.11. The first-order valence-corrected chi connectivity index (χ1v) is 9.62. The molecule has 1 N–H and O–H groups in total. The maximum Gasteiger partial charge on any atom is 0.330 e. The Labute approximate surface area is 168 Å². The van der Waals surface area contributed by atoms with Gasteiger partial charge in [-0.1, -0.05) is 54.0 Å². The van der Waals surface area contributed by atoms with Gasteiger partial charge in [0.05, 0.1) is 23.7 Å². The summed E-state index contributed by atoms with van der Waals surface area (Å²) in [5, 5.41) is 10.2. The van der Waals surface area contributed by atoms with Crippen molar-refractivity contribution in [3.8, 4) is 11.1 Å². The zero-order valence-corrected chi connectivity index (χ0v) is 17.3. The highest BCUT2D eigenvalue weighted by Crippen LogP contribution is 2.49. The molecule has 1 radical (unpaired) electrons. The lowest BCUT2D eigenvalue weighted by Crippen LogP contribution is -2.49. The number of ether oxygens (including phenoxy) is 1. The zero-order valence-electron chi connectivity index (χ0n) is 17.3. The molecule has 0 spiro atoms. The lowest BCUT2D eigenvalue weighted by atomic mass is 9.82. The van der Waals surface area contributed by atoms with Crippen molar-refractivity contribution in [3.05, 3.63) is 54.1 Å². The second-order valence-corrected chi connectivity index (χ2v) is 8.58. The van der Waals surface area contributed by atoms with Gasteiger partial charge in [0.15, 0.2) is 0 Å². The molecule has 1 fully saturated rings. The quantitative estimate of drug-likeness (QED) is 0.592. The number of carbonyl (C=O) groups is 1. The van der Waals surface area contributed by atoms with E-state index < -0.39 is 16.6 Å². The highest BCUT2D eigenvalue weighted by Gasteiger charge is 2.52. The molecular formula is C23H28BO4. The third-order valence-electron chi connectivity index (χ3n) is 5.97. The monoisotopic (exact) mass is 379 g/mol. The minimum Gasteiger partial charge on any atom is -0.468 e. The number of aliphatic hydroxyl groups is 1. The van der Waals surface area contributed by atoms with Crippen LogP contribution < -0.4 is 5.46 Å². The van der Waals surface area contributed by atoms with Crippen LogP contribution in [-0.2, 0) is 19.6 Å². The Morgan fingerprint density at radius 1 is 0.964 bits per heavy atom. The van der Waals surface area contributed by atoms with Gasteiger partial charge in [0.2, 0.25) is 0 Å². The molecule has 0 aliphatic heterocycles. The van der Waals surface area contributed by atoms with Gasteiger partial charge >= 0.3 is 13.5 Å². The van der Waals surface area contributed by atoms with Gasteiger partial charge in [-0.05, 0) is 57.2 Å². The molecule has 1 aliphatic carbocycles. The molecule has 0 atom stereocenters. The van der Waals surface area contributed by atoms with Gasteiger partial charge in [-0.3, -0.25) is 4.79 Å². The highest BCUT2D eigenvalue weighted by molar-refractivity contribution is 6.47. The summed E-state index contributed by atoms with van der Waals surface area (Å²) >= 11 is 0. The molecule has 3 rings (SSSR count). The fraction of sp³-hybridized carbons (Fsp3) is 0.435. The van der Waals surface area contributed by atoms with E-state index in [0.29, 0.717) is 0 Å². The minimum absolute atomic E-state index is 0.144. The van der Waals surface area contributed by atoms with Crippen molar-refractivity contribution in [2.75, 3.05) is 7.11 Å². The van der Waals surface area contributed by atoms with E-state index in [1.54, 1.807) is 21.3 Å². The molecule has 28 heavy (non-hydrogen) atoms. The molecule has 2 aromatic rings. The van der Waals surface area contributed by atoms with Gasteiger partial charge in [-0.25, -0.2) is 0 Å². The predicted molar refractivity (Wildman–Crippen MR) is 112 cm³/mol. The van der Waals surface area contributed by atoms with E-state index >= 15 is 0 Å². The number of hydrogen-bond donors (Lipinski definition) is 1. The standard InChI is InChI=1S/C23H28BO4/c1-21(2,26)22(3,4)28-24-19-12-8-17(9-13-19)16-6-10-18(11-7-16)23(14-15-23)20(25)27-5/h6-13,26H,14-15H2,1-5H3. The summed E-state index contributed by atoms with van der Waals surface area (Å²) in [6.07, 6.45) is 1.70. The van der Waals surface area contributed by atoms with Crippen LogP contribution in [0.5, 0.6) is 0 Å². The van der Waals surface area contributed by atoms with E-state index in [4.69, 9.17) is 9.39 Å². The second kappa shape index (κ2) is 7.38. The fourth-order valence-corrected chi connectivity index (χ4v) is 3.03. The summed E-state index contributed by atoms with van der Waals surface area (Å²) in [5.74, 6) is -0.144. The molecule has 0 unspecified atom stereocenters. The Morgan fingerprint density at radius 3 is 1.89 bits per heavy atom. The third-order valence-corrected chi connectivity index (χ3v) is 5.97. The minimum atomic E-state index is -0.950. The van der Waals surface area contributed by atoms with Crippen LogP contribution >= 0.6 is 0 Å². The van der Waals surface area contributed by atoms with E-state index in [-0.39, 0.29) is 5.97 Å². The van der Waals surface area contributed by atoms with Gasteiger partial charge in [-0.15, -0.1) is 0 Å². The van der Waals surface area contributed by atoms with Gasteiger partial charge < -0.3 is 14.5 Å². The summed E-state index contributed by atoms with van der Waals surface area (Å²) in [6.45, 7) is 7.19. The van der Waals surface area contributed by atoms with E-state index in [2.05, 4.69) is 0 Å². The summed E-state index contributed by atoms with van der Waals surface area (Å²) in [4.78, 5) is 12.0. The van der Waals surface area contributed by atoms with Gasteiger partial charge in [0.25, 0.3) is 0 Å². The maximum atomic E-state index is 12.0. The lowest BCUT2D eigenvalue weighted by molar-refractivity contribution is -0.143. The Balaban J connectivity index is 1.68. The van der Waals surface area contributed by atoms with Crippen molar-refractivity contribution in [2.24, 2.45) is 0 Å². The van der Waals surface area contributed by atoms with Crippen LogP contribution in [0.15, 0.2) is 48.5 Å². The lowest BCUT2D eigenvalue weighted by Gasteiger charge is -2.37. The molecule has 0 saturated heterocycles. The topological polar surface area (TPSA) is 55.8 Å². The normalized spacial score (nSPS) is 15.8. The zero-order chi connectivity index (χ0) is 20.6. The van der Waals surface area contributed by atoms with Crippen LogP contribution in [0.3, 0.4) is 0 Å². The van der Waals surface area contributed by atoms with E-state index in [1.165, 1.54) is 7.11 Å². The first-order chi connectivity index (χ1) is 13.1. The first-order valence-electron chi connectivity index (χ1n) is 9.62. The van der Waals surface area contributed by atoms with Crippen molar-refractivity contribution in [2.45, 2.75) is 57.2 Å². The third kappa shape index (κ3) is 4.01. The van der Waals surface area contributed by atoms with Gasteiger partial charge in [-0.2, -0.15) is 0 Å². The molecule has 4 nitrogen and oxygen atoms in total. The van der Waals surface area contributed by atoms with Crippen LogP contribution in [0, 0.1) is 0 Å². The van der Waals surface area contributed by atoms with Gasteiger partial charge in [0.1, 0.15) is 0 Å². The summed E-state index contributed by atoms with van der Waals surface area (Å²) in [6, 6.07) is 16.2.